The molecule has 0 aromatic carbocycles. The van der Waals surface area contributed by atoms with Gasteiger partial charge in [-0.1, -0.05) is 0 Å². The zero-order valence-electron chi connectivity index (χ0n) is 12.1. The van der Waals surface area contributed by atoms with Crippen LogP contribution in [0.5, 0.6) is 0 Å². The fourth-order valence-electron chi connectivity index (χ4n) is 3.07. The number of thiazole rings is 1. The number of aromatic nitrogens is 1. The first-order chi connectivity index (χ1) is 10.0. The van der Waals surface area contributed by atoms with Gasteiger partial charge in [-0.2, -0.15) is 0 Å². The average molecular weight is 306 g/mol. The van der Waals surface area contributed by atoms with Gasteiger partial charge < -0.3 is 10.2 Å². The van der Waals surface area contributed by atoms with Crippen molar-refractivity contribution in [2.24, 2.45) is 10.9 Å². The van der Waals surface area contributed by atoms with Crippen LogP contribution in [0.15, 0.2) is 16.6 Å². The molecule has 0 unspecified atom stereocenters. The van der Waals surface area contributed by atoms with Crippen molar-refractivity contribution in [2.75, 3.05) is 12.4 Å². The van der Waals surface area contributed by atoms with E-state index in [1.807, 2.05) is 12.3 Å². The number of hydrogen-bond donors (Lipinski definition) is 1. The van der Waals surface area contributed by atoms with E-state index < -0.39 is 5.54 Å². The minimum Gasteiger partial charge on any atom is -0.302 e. The highest BCUT2D eigenvalue weighted by atomic mass is 32.1. The SMILES string of the molecule is CC1=NC2(CCC(C(=O)Nc3nccs3)CC2)C(=O)N1C. The minimum atomic E-state index is -0.614. The van der Waals surface area contributed by atoms with Gasteiger partial charge >= 0.3 is 0 Å². The van der Waals surface area contributed by atoms with Crippen LogP contribution in [0, 0.1) is 5.92 Å². The number of nitrogens with one attached hydrogen (secondary N) is 1. The number of amidine groups is 1. The van der Waals surface area contributed by atoms with Crippen molar-refractivity contribution in [2.45, 2.75) is 38.1 Å². The van der Waals surface area contributed by atoms with Gasteiger partial charge in [-0.15, -0.1) is 11.3 Å². The number of hydrogen-bond acceptors (Lipinski definition) is 5. The number of anilines is 1. The lowest BCUT2D eigenvalue weighted by molar-refractivity contribution is -0.133. The summed E-state index contributed by atoms with van der Waals surface area (Å²) in [4.78, 5) is 34.8. The Labute approximate surface area is 127 Å². The summed E-state index contributed by atoms with van der Waals surface area (Å²) < 4.78 is 0. The Morgan fingerprint density at radius 3 is 2.71 bits per heavy atom. The lowest BCUT2D eigenvalue weighted by Gasteiger charge is -2.32. The molecule has 0 bridgehead atoms. The van der Waals surface area contributed by atoms with Crippen LogP contribution >= 0.6 is 11.3 Å². The third-order valence-electron chi connectivity index (χ3n) is 4.41. The predicted molar refractivity (Wildman–Crippen MR) is 81.3 cm³/mol. The zero-order valence-corrected chi connectivity index (χ0v) is 12.9. The molecule has 1 fully saturated rings. The first-order valence-electron chi connectivity index (χ1n) is 7.07. The topological polar surface area (TPSA) is 74.7 Å². The van der Waals surface area contributed by atoms with Gasteiger partial charge in [0.25, 0.3) is 5.91 Å². The molecule has 2 heterocycles. The minimum absolute atomic E-state index is 0.000646. The predicted octanol–water partition coefficient (Wildman–Crippen LogP) is 1.90. The molecule has 1 aromatic heterocycles. The van der Waals surface area contributed by atoms with E-state index in [0.29, 0.717) is 30.8 Å². The van der Waals surface area contributed by atoms with Gasteiger partial charge in [-0.3, -0.25) is 14.6 Å². The smallest absolute Gasteiger partial charge is 0.255 e. The number of carbonyl (C=O) groups excluding carboxylic acids is 2. The number of nitrogens with zero attached hydrogens (tertiary/aromatic N) is 3. The Balaban J connectivity index is 1.63. The van der Waals surface area contributed by atoms with Crippen LogP contribution in [0.25, 0.3) is 0 Å². The Morgan fingerprint density at radius 1 is 1.48 bits per heavy atom. The van der Waals surface area contributed by atoms with Crippen LogP contribution in [0.4, 0.5) is 5.13 Å². The summed E-state index contributed by atoms with van der Waals surface area (Å²) in [5.41, 5.74) is -0.614. The van der Waals surface area contributed by atoms with Crippen molar-refractivity contribution in [3.05, 3.63) is 11.6 Å². The first-order valence-corrected chi connectivity index (χ1v) is 7.95. The van der Waals surface area contributed by atoms with E-state index in [4.69, 9.17) is 0 Å². The lowest BCUT2D eigenvalue weighted by atomic mass is 9.76. The van der Waals surface area contributed by atoms with Crippen molar-refractivity contribution in [3.8, 4) is 0 Å². The normalized spacial score (nSPS) is 28.9. The summed E-state index contributed by atoms with van der Waals surface area (Å²) in [6, 6.07) is 0. The van der Waals surface area contributed by atoms with Crippen LogP contribution in [0.1, 0.15) is 32.6 Å². The van der Waals surface area contributed by atoms with Crippen molar-refractivity contribution in [1.29, 1.82) is 0 Å². The molecule has 1 saturated carbocycles. The molecule has 0 saturated heterocycles. The highest BCUT2D eigenvalue weighted by molar-refractivity contribution is 7.13. The van der Waals surface area contributed by atoms with E-state index in [9.17, 15) is 9.59 Å². The fraction of sp³-hybridized carbons (Fsp3) is 0.571. The highest BCUT2D eigenvalue weighted by Gasteiger charge is 2.48. The number of carbonyl (C=O) groups is 2. The molecule has 0 atom stereocenters. The summed E-state index contributed by atoms with van der Waals surface area (Å²) in [7, 11) is 1.76. The molecule has 2 amide bonds. The Bertz CT molecular complexity index is 588. The van der Waals surface area contributed by atoms with Crippen LogP contribution in [0.2, 0.25) is 0 Å². The quantitative estimate of drug-likeness (QED) is 0.907. The van der Waals surface area contributed by atoms with E-state index in [1.54, 1.807) is 18.1 Å². The maximum Gasteiger partial charge on any atom is 0.255 e. The molecule has 3 rings (SSSR count). The number of amides is 2. The van der Waals surface area contributed by atoms with Crippen molar-refractivity contribution < 1.29 is 9.59 Å². The second-order valence-electron chi connectivity index (χ2n) is 5.66. The monoisotopic (exact) mass is 306 g/mol. The molecule has 1 aliphatic heterocycles. The van der Waals surface area contributed by atoms with Gasteiger partial charge in [-0.25, -0.2) is 4.98 Å². The second-order valence-corrected chi connectivity index (χ2v) is 6.55. The van der Waals surface area contributed by atoms with E-state index >= 15 is 0 Å². The van der Waals surface area contributed by atoms with Crippen LogP contribution in [-0.2, 0) is 9.59 Å². The van der Waals surface area contributed by atoms with E-state index in [2.05, 4.69) is 15.3 Å². The molecule has 6 nitrogen and oxygen atoms in total. The molecule has 21 heavy (non-hydrogen) atoms. The third kappa shape index (κ3) is 2.46. The number of likely N-dealkylation sites (N-methyl/N-ethyl adjacent to an activating group) is 1. The van der Waals surface area contributed by atoms with Crippen LogP contribution < -0.4 is 5.32 Å². The standard InChI is InChI=1S/C14H18N4O2S/c1-9-17-14(12(20)18(9)2)5-3-10(4-6-14)11(19)16-13-15-7-8-21-13/h7-8,10H,3-6H2,1-2H3,(H,15,16,19). The van der Waals surface area contributed by atoms with E-state index in [0.717, 1.165) is 5.84 Å². The molecule has 7 heteroatoms. The Hall–Kier alpha value is -1.76. The molecule has 1 spiro atoms. The third-order valence-corrected chi connectivity index (χ3v) is 5.10. The van der Waals surface area contributed by atoms with Gasteiger partial charge in [0.1, 0.15) is 11.4 Å². The molecular formula is C14H18N4O2S. The average Bonchev–Trinajstić information content (AvgIpc) is 3.04. The maximum atomic E-state index is 12.3. The number of rotatable bonds is 2. The number of aliphatic imine (C=N–C) groups is 1. The summed E-state index contributed by atoms with van der Waals surface area (Å²) in [6.07, 6.45) is 4.33. The Kier molecular flexibility index (Phi) is 3.52. The van der Waals surface area contributed by atoms with E-state index in [-0.39, 0.29) is 17.7 Å². The summed E-state index contributed by atoms with van der Waals surface area (Å²) >= 11 is 1.41. The summed E-state index contributed by atoms with van der Waals surface area (Å²) in [5, 5.41) is 5.30. The molecule has 2 aliphatic rings. The van der Waals surface area contributed by atoms with E-state index in [1.165, 1.54) is 11.3 Å². The molecular weight excluding hydrogens is 288 g/mol. The Morgan fingerprint density at radius 2 is 2.19 bits per heavy atom. The van der Waals surface area contributed by atoms with Gasteiger partial charge in [-0.05, 0) is 32.6 Å². The van der Waals surface area contributed by atoms with Crippen molar-refractivity contribution in [3.63, 3.8) is 0 Å². The van der Waals surface area contributed by atoms with Gasteiger partial charge in [0.2, 0.25) is 5.91 Å². The maximum absolute atomic E-state index is 12.3. The summed E-state index contributed by atoms with van der Waals surface area (Å²) in [6.45, 7) is 1.86. The zero-order chi connectivity index (χ0) is 15.0. The van der Waals surface area contributed by atoms with Crippen LogP contribution in [0.3, 0.4) is 0 Å². The highest BCUT2D eigenvalue weighted by Crippen LogP contribution is 2.39. The molecule has 112 valence electrons. The van der Waals surface area contributed by atoms with Crippen LogP contribution in [-0.4, -0.2) is 40.1 Å². The molecule has 1 aliphatic carbocycles. The van der Waals surface area contributed by atoms with Gasteiger partial charge in [0.15, 0.2) is 5.13 Å². The second kappa shape index (κ2) is 5.22. The molecule has 0 radical (unpaired) electrons. The van der Waals surface area contributed by atoms with Gasteiger partial charge in [0, 0.05) is 24.5 Å². The van der Waals surface area contributed by atoms with Crippen molar-refractivity contribution in [1.82, 2.24) is 9.88 Å². The van der Waals surface area contributed by atoms with Gasteiger partial charge in [0.05, 0.1) is 0 Å². The van der Waals surface area contributed by atoms with Crippen molar-refractivity contribution >= 4 is 34.1 Å². The first kappa shape index (κ1) is 14.2. The largest absolute Gasteiger partial charge is 0.302 e. The molecule has 1 N–H and O–H groups in total. The fourth-order valence-corrected chi connectivity index (χ4v) is 3.60. The lowest BCUT2D eigenvalue weighted by Crippen LogP contribution is -2.44. The molecule has 1 aromatic rings. The summed E-state index contributed by atoms with van der Waals surface area (Å²) in [5.74, 6) is 0.775.